The molecule has 0 aliphatic heterocycles. The Kier molecular flexibility index (Phi) is 3.89. The van der Waals surface area contributed by atoms with E-state index in [1.54, 1.807) is 30.6 Å². The average molecular weight is 284 g/mol. The maximum atomic E-state index is 12.0. The second-order valence-electron chi connectivity index (χ2n) is 3.83. The minimum Gasteiger partial charge on any atom is -0.345 e. The van der Waals surface area contributed by atoms with Crippen LogP contribution in [-0.2, 0) is 0 Å². The van der Waals surface area contributed by atoms with Crippen LogP contribution in [0, 0.1) is 0 Å². The molecule has 6 heteroatoms. The number of carbonyl (C=O) groups is 1. The van der Waals surface area contributed by atoms with Gasteiger partial charge >= 0.3 is 0 Å². The minimum absolute atomic E-state index is 0.161. The summed E-state index contributed by atoms with van der Waals surface area (Å²) in [6.07, 6.45) is 3.38. The molecule has 1 aromatic heterocycles. The van der Waals surface area contributed by atoms with Gasteiger partial charge in [0, 0.05) is 11.8 Å². The van der Waals surface area contributed by atoms with Crippen molar-refractivity contribution in [2.45, 2.75) is 13.0 Å². The van der Waals surface area contributed by atoms with Crippen molar-refractivity contribution in [1.29, 1.82) is 0 Å². The first-order valence-electron chi connectivity index (χ1n) is 5.33. The smallest absolute Gasteiger partial charge is 0.253 e. The molecule has 0 bridgehead atoms. The Hall–Kier alpha value is -1.52. The van der Waals surface area contributed by atoms with Crippen molar-refractivity contribution in [3.05, 3.63) is 51.8 Å². The minimum atomic E-state index is -0.267. The Morgan fingerprint density at radius 1 is 1.44 bits per heavy atom. The van der Waals surface area contributed by atoms with Crippen LogP contribution in [0.25, 0.3) is 0 Å². The van der Waals surface area contributed by atoms with Crippen LogP contribution in [0.2, 0.25) is 10.0 Å². The molecule has 0 spiro atoms. The molecule has 1 aromatic carbocycles. The number of amides is 1. The quantitative estimate of drug-likeness (QED) is 0.909. The summed E-state index contributed by atoms with van der Waals surface area (Å²) in [5.41, 5.74) is 1.25. The zero-order valence-corrected chi connectivity index (χ0v) is 11.1. The fraction of sp³-hybridized carbons (Fsp3) is 0.167. The molecule has 0 aliphatic rings. The number of hydrogen-bond acceptors (Lipinski definition) is 2. The number of nitrogens with zero attached hydrogens (tertiary/aromatic N) is 1. The van der Waals surface area contributed by atoms with Crippen LogP contribution in [0.3, 0.4) is 0 Å². The Labute approximate surface area is 114 Å². The van der Waals surface area contributed by atoms with E-state index in [4.69, 9.17) is 23.2 Å². The first-order chi connectivity index (χ1) is 8.59. The molecule has 0 saturated heterocycles. The number of halogens is 2. The second kappa shape index (κ2) is 5.42. The predicted molar refractivity (Wildman–Crippen MR) is 70.9 cm³/mol. The molecular weight excluding hydrogens is 273 g/mol. The van der Waals surface area contributed by atoms with Gasteiger partial charge < -0.3 is 5.32 Å². The van der Waals surface area contributed by atoms with Gasteiger partial charge in [-0.05, 0) is 19.1 Å². The largest absolute Gasteiger partial charge is 0.345 e. The highest BCUT2D eigenvalue weighted by molar-refractivity contribution is 6.43. The van der Waals surface area contributed by atoms with E-state index in [-0.39, 0.29) is 17.0 Å². The summed E-state index contributed by atoms with van der Waals surface area (Å²) in [5.74, 6) is -0.267. The van der Waals surface area contributed by atoms with E-state index in [9.17, 15) is 4.79 Å². The molecule has 2 aromatic rings. The topological polar surface area (TPSA) is 57.8 Å². The second-order valence-corrected chi connectivity index (χ2v) is 4.61. The number of benzene rings is 1. The van der Waals surface area contributed by atoms with Crippen LogP contribution in [0.5, 0.6) is 0 Å². The number of nitrogens with one attached hydrogen (secondary N) is 2. The maximum absolute atomic E-state index is 12.0. The zero-order valence-electron chi connectivity index (χ0n) is 9.58. The SMILES string of the molecule is CC(NC(=O)c1cccc(Cl)c1Cl)c1cn[nH]c1. The van der Waals surface area contributed by atoms with Gasteiger partial charge in [-0.25, -0.2) is 0 Å². The molecule has 2 N–H and O–H groups in total. The van der Waals surface area contributed by atoms with Gasteiger partial charge in [0.1, 0.15) is 0 Å². The Balaban J connectivity index is 2.15. The summed E-state index contributed by atoms with van der Waals surface area (Å²) in [6.45, 7) is 1.86. The summed E-state index contributed by atoms with van der Waals surface area (Å²) in [7, 11) is 0. The first kappa shape index (κ1) is 12.9. The average Bonchev–Trinajstić information content (AvgIpc) is 2.86. The Bertz CT molecular complexity index is 554. The fourth-order valence-corrected chi connectivity index (χ4v) is 1.92. The molecule has 1 amide bonds. The molecule has 0 saturated carbocycles. The van der Waals surface area contributed by atoms with Crippen molar-refractivity contribution in [3.8, 4) is 0 Å². The number of aromatic amines is 1. The lowest BCUT2D eigenvalue weighted by molar-refractivity contribution is 0.0940. The predicted octanol–water partition coefficient (Wildman–Crippen LogP) is 3.21. The molecule has 18 heavy (non-hydrogen) atoms. The van der Waals surface area contributed by atoms with Crippen molar-refractivity contribution < 1.29 is 4.79 Å². The van der Waals surface area contributed by atoms with E-state index in [2.05, 4.69) is 15.5 Å². The lowest BCUT2D eigenvalue weighted by Crippen LogP contribution is -2.26. The van der Waals surface area contributed by atoms with E-state index in [1.165, 1.54) is 0 Å². The highest BCUT2D eigenvalue weighted by Gasteiger charge is 2.15. The summed E-state index contributed by atoms with van der Waals surface area (Å²) in [4.78, 5) is 12.0. The van der Waals surface area contributed by atoms with Gasteiger partial charge in [0.05, 0.1) is 27.8 Å². The Morgan fingerprint density at radius 2 is 2.22 bits per heavy atom. The van der Waals surface area contributed by atoms with Gasteiger partial charge in [-0.3, -0.25) is 9.89 Å². The van der Waals surface area contributed by atoms with Gasteiger partial charge in [0.2, 0.25) is 0 Å². The number of aromatic nitrogens is 2. The third-order valence-corrected chi connectivity index (χ3v) is 3.38. The highest BCUT2D eigenvalue weighted by Crippen LogP contribution is 2.25. The van der Waals surface area contributed by atoms with Gasteiger partial charge in [0.25, 0.3) is 5.91 Å². The van der Waals surface area contributed by atoms with Crippen LogP contribution >= 0.6 is 23.2 Å². The molecule has 0 radical (unpaired) electrons. The lowest BCUT2D eigenvalue weighted by Gasteiger charge is -2.13. The monoisotopic (exact) mass is 283 g/mol. The van der Waals surface area contributed by atoms with Gasteiger partial charge in [-0.15, -0.1) is 0 Å². The standard InChI is InChI=1S/C12H11Cl2N3O/c1-7(8-5-15-16-6-8)17-12(18)9-3-2-4-10(13)11(9)14/h2-7H,1H3,(H,15,16)(H,17,18). The third kappa shape index (κ3) is 2.66. The number of carbonyl (C=O) groups excluding carboxylic acids is 1. The molecule has 1 heterocycles. The van der Waals surface area contributed by atoms with Crippen molar-refractivity contribution in [2.75, 3.05) is 0 Å². The van der Waals surface area contributed by atoms with Crippen molar-refractivity contribution in [3.63, 3.8) is 0 Å². The van der Waals surface area contributed by atoms with E-state index >= 15 is 0 Å². The van der Waals surface area contributed by atoms with Gasteiger partial charge in [-0.2, -0.15) is 5.10 Å². The highest BCUT2D eigenvalue weighted by atomic mass is 35.5. The van der Waals surface area contributed by atoms with Crippen LogP contribution in [0.4, 0.5) is 0 Å². The van der Waals surface area contributed by atoms with Crippen LogP contribution in [0.15, 0.2) is 30.6 Å². The molecule has 1 atom stereocenters. The van der Waals surface area contributed by atoms with Crippen molar-refractivity contribution >= 4 is 29.1 Å². The van der Waals surface area contributed by atoms with E-state index in [0.29, 0.717) is 10.6 Å². The maximum Gasteiger partial charge on any atom is 0.253 e. The van der Waals surface area contributed by atoms with Crippen molar-refractivity contribution in [1.82, 2.24) is 15.5 Å². The number of H-pyrrole nitrogens is 1. The van der Waals surface area contributed by atoms with Crippen molar-refractivity contribution in [2.24, 2.45) is 0 Å². The summed E-state index contributed by atoms with van der Waals surface area (Å²) >= 11 is 11.9. The molecule has 1 unspecified atom stereocenters. The number of hydrogen-bond donors (Lipinski definition) is 2. The molecule has 94 valence electrons. The third-order valence-electron chi connectivity index (χ3n) is 2.56. The fourth-order valence-electron chi connectivity index (χ4n) is 1.53. The van der Waals surface area contributed by atoms with Gasteiger partial charge in [-0.1, -0.05) is 29.3 Å². The summed E-state index contributed by atoms with van der Waals surface area (Å²) < 4.78 is 0. The molecular formula is C12H11Cl2N3O. The first-order valence-corrected chi connectivity index (χ1v) is 6.08. The van der Waals surface area contributed by atoms with Crippen LogP contribution in [0.1, 0.15) is 28.9 Å². The molecule has 4 nitrogen and oxygen atoms in total. The van der Waals surface area contributed by atoms with Gasteiger partial charge in [0.15, 0.2) is 0 Å². The van der Waals surface area contributed by atoms with E-state index < -0.39 is 0 Å². The van der Waals surface area contributed by atoms with Crippen LogP contribution < -0.4 is 5.32 Å². The van der Waals surface area contributed by atoms with Crippen LogP contribution in [-0.4, -0.2) is 16.1 Å². The summed E-state index contributed by atoms with van der Waals surface area (Å²) in [6, 6.07) is 4.79. The zero-order chi connectivity index (χ0) is 13.1. The number of rotatable bonds is 3. The molecule has 0 aliphatic carbocycles. The lowest BCUT2D eigenvalue weighted by atomic mass is 10.1. The normalized spacial score (nSPS) is 12.2. The molecule has 0 fully saturated rings. The Morgan fingerprint density at radius 3 is 2.89 bits per heavy atom. The van der Waals surface area contributed by atoms with E-state index in [1.807, 2.05) is 6.92 Å². The summed E-state index contributed by atoms with van der Waals surface area (Å²) in [5, 5.41) is 9.97. The van der Waals surface area contributed by atoms with E-state index in [0.717, 1.165) is 5.56 Å². The molecule has 2 rings (SSSR count).